The van der Waals surface area contributed by atoms with E-state index >= 15 is 0 Å². The highest BCUT2D eigenvalue weighted by Crippen LogP contribution is 2.26. The molecule has 3 rings (SSSR count). The van der Waals surface area contributed by atoms with Crippen LogP contribution in [0.25, 0.3) is 0 Å². The SMILES string of the molecule is O=C(NOCc1ccccc1)[C@H]1CCCN1S(=O)(=O)c1ccc(F)cc1. The van der Waals surface area contributed by atoms with Gasteiger partial charge in [0.25, 0.3) is 5.91 Å². The van der Waals surface area contributed by atoms with E-state index in [1.165, 1.54) is 12.1 Å². The number of hydrogen-bond donors (Lipinski definition) is 1. The topological polar surface area (TPSA) is 75.7 Å². The van der Waals surface area contributed by atoms with Gasteiger partial charge in [-0.3, -0.25) is 9.63 Å². The number of sulfonamides is 1. The molecule has 0 aromatic heterocycles. The zero-order chi connectivity index (χ0) is 18.6. The van der Waals surface area contributed by atoms with Crippen molar-refractivity contribution in [1.29, 1.82) is 0 Å². The lowest BCUT2D eigenvalue weighted by Gasteiger charge is -2.23. The van der Waals surface area contributed by atoms with Gasteiger partial charge in [-0.1, -0.05) is 30.3 Å². The van der Waals surface area contributed by atoms with E-state index in [9.17, 15) is 17.6 Å². The maximum atomic E-state index is 13.0. The second kappa shape index (κ2) is 7.94. The normalized spacial score (nSPS) is 18.0. The van der Waals surface area contributed by atoms with Crippen molar-refractivity contribution in [2.75, 3.05) is 6.54 Å². The second-order valence-electron chi connectivity index (χ2n) is 5.97. The molecule has 1 N–H and O–H groups in total. The number of halogens is 1. The Balaban J connectivity index is 1.65. The quantitative estimate of drug-likeness (QED) is 0.782. The first-order valence-corrected chi connectivity index (χ1v) is 9.65. The lowest BCUT2D eigenvalue weighted by Crippen LogP contribution is -2.45. The third-order valence-corrected chi connectivity index (χ3v) is 6.10. The van der Waals surface area contributed by atoms with E-state index in [0.717, 1.165) is 22.0 Å². The average Bonchev–Trinajstić information content (AvgIpc) is 3.14. The number of carbonyl (C=O) groups is 1. The molecule has 0 spiro atoms. The van der Waals surface area contributed by atoms with Crippen molar-refractivity contribution in [2.24, 2.45) is 0 Å². The molecule has 0 bridgehead atoms. The molecule has 0 unspecified atom stereocenters. The minimum Gasteiger partial charge on any atom is -0.271 e. The van der Waals surface area contributed by atoms with Crippen LogP contribution >= 0.6 is 0 Å². The maximum absolute atomic E-state index is 13.0. The first kappa shape index (κ1) is 18.5. The molecule has 26 heavy (non-hydrogen) atoms. The Labute approximate surface area is 151 Å². The van der Waals surface area contributed by atoms with Gasteiger partial charge in [-0.15, -0.1) is 0 Å². The minimum absolute atomic E-state index is 0.0381. The minimum atomic E-state index is -3.88. The van der Waals surface area contributed by atoms with Crippen LogP contribution in [0.4, 0.5) is 4.39 Å². The van der Waals surface area contributed by atoms with Gasteiger partial charge >= 0.3 is 0 Å². The van der Waals surface area contributed by atoms with E-state index in [2.05, 4.69) is 5.48 Å². The molecule has 1 heterocycles. The molecule has 138 valence electrons. The number of carbonyl (C=O) groups excluding carboxylic acids is 1. The fourth-order valence-corrected chi connectivity index (χ4v) is 4.52. The predicted molar refractivity (Wildman–Crippen MR) is 92.7 cm³/mol. The molecule has 2 aromatic rings. The van der Waals surface area contributed by atoms with Crippen molar-refractivity contribution in [3.63, 3.8) is 0 Å². The van der Waals surface area contributed by atoms with Gasteiger partial charge in [-0.25, -0.2) is 18.3 Å². The number of hydrogen-bond acceptors (Lipinski definition) is 4. The van der Waals surface area contributed by atoms with E-state index in [0.29, 0.717) is 12.8 Å². The lowest BCUT2D eigenvalue weighted by atomic mass is 10.2. The molecule has 1 amide bonds. The Kier molecular flexibility index (Phi) is 5.65. The monoisotopic (exact) mass is 378 g/mol. The van der Waals surface area contributed by atoms with Gasteiger partial charge in [0, 0.05) is 6.54 Å². The summed E-state index contributed by atoms with van der Waals surface area (Å²) in [6.07, 6.45) is 0.970. The van der Waals surface area contributed by atoms with Gasteiger partial charge in [0.15, 0.2) is 0 Å². The summed E-state index contributed by atoms with van der Waals surface area (Å²) in [5.41, 5.74) is 3.21. The number of nitrogens with one attached hydrogen (secondary N) is 1. The summed E-state index contributed by atoms with van der Waals surface area (Å²) in [4.78, 5) is 17.5. The predicted octanol–water partition coefficient (Wildman–Crippen LogP) is 2.23. The largest absolute Gasteiger partial charge is 0.271 e. The van der Waals surface area contributed by atoms with Gasteiger partial charge in [0.1, 0.15) is 11.9 Å². The third kappa shape index (κ3) is 4.09. The molecular weight excluding hydrogens is 359 g/mol. The summed E-state index contributed by atoms with van der Waals surface area (Å²) >= 11 is 0. The van der Waals surface area contributed by atoms with Gasteiger partial charge in [-0.05, 0) is 42.7 Å². The number of hydroxylamine groups is 1. The van der Waals surface area contributed by atoms with Crippen LogP contribution in [-0.4, -0.2) is 31.2 Å². The van der Waals surface area contributed by atoms with Gasteiger partial charge in [0.05, 0.1) is 11.5 Å². The Bertz CT molecular complexity index is 857. The fourth-order valence-electron chi connectivity index (χ4n) is 2.86. The Hall–Kier alpha value is -2.29. The zero-order valence-electron chi connectivity index (χ0n) is 14.0. The van der Waals surface area contributed by atoms with Crippen molar-refractivity contribution < 1.29 is 22.4 Å². The Morgan fingerprint density at radius 2 is 1.85 bits per heavy atom. The molecule has 1 atom stereocenters. The summed E-state index contributed by atoms with van der Waals surface area (Å²) in [6, 6.07) is 13.0. The summed E-state index contributed by atoms with van der Waals surface area (Å²) in [7, 11) is -3.88. The molecule has 1 aliphatic rings. The van der Waals surface area contributed by atoms with Crippen molar-refractivity contribution >= 4 is 15.9 Å². The molecular formula is C18H19FN2O4S. The van der Waals surface area contributed by atoms with E-state index in [4.69, 9.17) is 4.84 Å². The number of nitrogens with zero attached hydrogens (tertiary/aromatic N) is 1. The molecule has 0 radical (unpaired) electrons. The molecule has 1 aliphatic heterocycles. The van der Waals surface area contributed by atoms with Gasteiger partial charge in [-0.2, -0.15) is 4.31 Å². The van der Waals surface area contributed by atoms with Crippen LogP contribution in [0.3, 0.4) is 0 Å². The van der Waals surface area contributed by atoms with Crippen LogP contribution in [0.1, 0.15) is 18.4 Å². The second-order valence-corrected chi connectivity index (χ2v) is 7.86. The smallest absolute Gasteiger partial charge is 0.261 e. The lowest BCUT2D eigenvalue weighted by molar-refractivity contribution is -0.137. The average molecular weight is 378 g/mol. The number of benzene rings is 2. The highest BCUT2D eigenvalue weighted by Gasteiger charge is 2.39. The molecule has 6 nitrogen and oxygen atoms in total. The molecule has 8 heteroatoms. The summed E-state index contributed by atoms with van der Waals surface area (Å²) in [6.45, 7) is 0.417. The summed E-state index contributed by atoms with van der Waals surface area (Å²) in [5, 5.41) is 0. The van der Waals surface area contributed by atoms with Crippen LogP contribution in [-0.2, 0) is 26.3 Å². The van der Waals surface area contributed by atoms with Gasteiger partial charge < -0.3 is 0 Å². The van der Waals surface area contributed by atoms with Crippen LogP contribution in [0, 0.1) is 5.82 Å². The van der Waals surface area contributed by atoms with E-state index in [1.807, 2.05) is 30.3 Å². The van der Waals surface area contributed by atoms with E-state index < -0.39 is 27.8 Å². The van der Waals surface area contributed by atoms with Crippen molar-refractivity contribution in [3.8, 4) is 0 Å². The van der Waals surface area contributed by atoms with E-state index in [1.54, 1.807) is 0 Å². The summed E-state index contributed by atoms with van der Waals surface area (Å²) < 4.78 is 39.7. The molecule has 0 saturated carbocycles. The van der Waals surface area contributed by atoms with Crippen LogP contribution in [0.15, 0.2) is 59.5 Å². The van der Waals surface area contributed by atoms with E-state index in [-0.39, 0.29) is 18.0 Å². The zero-order valence-corrected chi connectivity index (χ0v) is 14.8. The van der Waals surface area contributed by atoms with Crippen LogP contribution in [0.2, 0.25) is 0 Å². The van der Waals surface area contributed by atoms with Gasteiger partial charge in [0.2, 0.25) is 10.0 Å². The molecule has 1 saturated heterocycles. The fraction of sp³-hybridized carbons (Fsp3) is 0.278. The molecule has 2 aromatic carbocycles. The molecule has 1 fully saturated rings. The van der Waals surface area contributed by atoms with Crippen LogP contribution in [0.5, 0.6) is 0 Å². The maximum Gasteiger partial charge on any atom is 0.261 e. The third-order valence-electron chi connectivity index (χ3n) is 4.18. The number of amides is 1. The summed E-state index contributed by atoms with van der Waals surface area (Å²) in [5.74, 6) is -1.03. The Morgan fingerprint density at radius 1 is 1.15 bits per heavy atom. The highest BCUT2D eigenvalue weighted by molar-refractivity contribution is 7.89. The van der Waals surface area contributed by atoms with Crippen molar-refractivity contribution in [1.82, 2.24) is 9.79 Å². The first-order chi connectivity index (χ1) is 12.5. The Morgan fingerprint density at radius 3 is 2.54 bits per heavy atom. The molecule has 0 aliphatic carbocycles. The first-order valence-electron chi connectivity index (χ1n) is 8.21. The van der Waals surface area contributed by atoms with Crippen LogP contribution < -0.4 is 5.48 Å². The number of rotatable bonds is 6. The standard InChI is InChI=1S/C18H19FN2O4S/c19-15-8-10-16(11-9-15)26(23,24)21-12-4-7-17(21)18(22)20-25-13-14-5-2-1-3-6-14/h1-3,5-6,8-11,17H,4,7,12-13H2,(H,20,22)/t17-/m1/s1. The van der Waals surface area contributed by atoms with Crippen molar-refractivity contribution in [2.45, 2.75) is 30.4 Å². The van der Waals surface area contributed by atoms with Crippen molar-refractivity contribution in [3.05, 3.63) is 66.0 Å². The highest BCUT2D eigenvalue weighted by atomic mass is 32.2.